The van der Waals surface area contributed by atoms with E-state index in [0.29, 0.717) is 0 Å². The van der Waals surface area contributed by atoms with Crippen LogP contribution in [-0.2, 0) is 5.33 Å². The van der Waals surface area contributed by atoms with Gasteiger partial charge in [-0.15, -0.1) is 0 Å². The Morgan fingerprint density at radius 1 is 1.54 bits per heavy atom. The van der Waals surface area contributed by atoms with E-state index in [0.717, 1.165) is 6.07 Å². The first kappa shape index (κ1) is 10.8. The summed E-state index contributed by atoms with van der Waals surface area (Å²) in [6.07, 6.45) is -2.82. The summed E-state index contributed by atoms with van der Waals surface area (Å²) in [6.45, 7) is 0. The van der Waals surface area contributed by atoms with E-state index < -0.39 is 18.1 Å². The molecule has 0 atom stereocenters. The molecular formula is C7H4BrClF3N. The fraction of sp³-hybridized carbons (Fsp3) is 0.286. The number of hydrogen-bond acceptors (Lipinski definition) is 1. The number of nitrogens with zero attached hydrogens (tertiary/aromatic N) is 1. The van der Waals surface area contributed by atoms with Crippen LogP contribution in [0.1, 0.15) is 17.7 Å². The molecule has 0 unspecified atom stereocenters. The lowest BCUT2D eigenvalue weighted by Crippen LogP contribution is -2.00. The minimum Gasteiger partial charge on any atom is -0.218 e. The van der Waals surface area contributed by atoms with Crippen molar-refractivity contribution in [2.75, 3.05) is 0 Å². The Bertz CT molecular complexity index is 319. The standard InChI is InChI=1S/C7H4BrClF3N/c8-2-3-4(9)1-5(10)13-6(3)7(11)12/h1,7H,2H2. The van der Waals surface area contributed by atoms with Gasteiger partial charge < -0.3 is 0 Å². The first-order chi connectivity index (χ1) is 6.06. The van der Waals surface area contributed by atoms with Gasteiger partial charge in [-0.3, -0.25) is 0 Å². The van der Waals surface area contributed by atoms with Crippen LogP contribution in [0.15, 0.2) is 6.07 Å². The van der Waals surface area contributed by atoms with Crippen LogP contribution in [0.5, 0.6) is 0 Å². The van der Waals surface area contributed by atoms with Gasteiger partial charge in [-0.2, -0.15) is 4.39 Å². The van der Waals surface area contributed by atoms with Gasteiger partial charge in [0.1, 0.15) is 5.69 Å². The van der Waals surface area contributed by atoms with Crippen LogP contribution >= 0.6 is 27.5 Å². The SMILES string of the molecule is Fc1cc(Cl)c(CBr)c(C(F)F)n1. The predicted molar refractivity (Wildman–Crippen MR) is 46.8 cm³/mol. The molecule has 0 bridgehead atoms. The third kappa shape index (κ3) is 2.34. The maximum Gasteiger partial charge on any atom is 0.280 e. The van der Waals surface area contributed by atoms with Crippen molar-refractivity contribution in [1.29, 1.82) is 0 Å². The first-order valence-electron chi connectivity index (χ1n) is 3.25. The Kier molecular flexibility index (Phi) is 3.55. The third-order valence-electron chi connectivity index (χ3n) is 1.41. The van der Waals surface area contributed by atoms with Crippen molar-refractivity contribution in [1.82, 2.24) is 4.98 Å². The van der Waals surface area contributed by atoms with Crippen molar-refractivity contribution in [2.24, 2.45) is 0 Å². The number of alkyl halides is 3. The molecule has 6 heteroatoms. The van der Waals surface area contributed by atoms with E-state index in [9.17, 15) is 13.2 Å². The molecule has 13 heavy (non-hydrogen) atoms. The monoisotopic (exact) mass is 273 g/mol. The van der Waals surface area contributed by atoms with Gasteiger partial charge in [-0.05, 0) is 0 Å². The van der Waals surface area contributed by atoms with Crippen molar-refractivity contribution in [3.05, 3.63) is 28.3 Å². The van der Waals surface area contributed by atoms with E-state index in [1.165, 1.54) is 0 Å². The Morgan fingerprint density at radius 2 is 2.15 bits per heavy atom. The van der Waals surface area contributed by atoms with Crippen molar-refractivity contribution in [3.8, 4) is 0 Å². The van der Waals surface area contributed by atoms with Gasteiger partial charge in [0.15, 0.2) is 0 Å². The maximum absolute atomic E-state index is 12.6. The molecule has 1 rings (SSSR count). The van der Waals surface area contributed by atoms with Crippen LogP contribution in [-0.4, -0.2) is 4.98 Å². The molecular weight excluding hydrogens is 270 g/mol. The average Bonchev–Trinajstić information content (AvgIpc) is 2.02. The van der Waals surface area contributed by atoms with Gasteiger partial charge in [0, 0.05) is 17.0 Å². The Labute approximate surface area is 86.0 Å². The fourth-order valence-corrected chi connectivity index (χ4v) is 1.85. The number of pyridine rings is 1. The molecule has 0 aliphatic rings. The Morgan fingerprint density at radius 3 is 2.62 bits per heavy atom. The van der Waals surface area contributed by atoms with E-state index in [1.54, 1.807) is 0 Å². The van der Waals surface area contributed by atoms with Crippen LogP contribution in [0.4, 0.5) is 13.2 Å². The number of halogens is 5. The highest BCUT2D eigenvalue weighted by Gasteiger charge is 2.18. The summed E-state index contributed by atoms with van der Waals surface area (Å²) in [5, 5.41) is 0.0818. The summed E-state index contributed by atoms with van der Waals surface area (Å²) in [4.78, 5) is 3.07. The lowest BCUT2D eigenvalue weighted by atomic mass is 10.2. The first-order valence-corrected chi connectivity index (χ1v) is 4.75. The molecule has 0 saturated carbocycles. The molecule has 1 aromatic heterocycles. The molecule has 0 saturated heterocycles. The zero-order valence-corrected chi connectivity index (χ0v) is 8.54. The van der Waals surface area contributed by atoms with Crippen molar-refractivity contribution >= 4 is 27.5 Å². The van der Waals surface area contributed by atoms with Crippen molar-refractivity contribution in [3.63, 3.8) is 0 Å². The van der Waals surface area contributed by atoms with Crippen LogP contribution in [0.2, 0.25) is 5.02 Å². The second-order valence-corrected chi connectivity index (χ2v) is 3.19. The maximum atomic E-state index is 12.6. The Hall–Kier alpha value is -0.290. The molecule has 1 heterocycles. The largest absolute Gasteiger partial charge is 0.280 e. The quantitative estimate of drug-likeness (QED) is 0.592. The predicted octanol–water partition coefficient (Wildman–Crippen LogP) is 3.71. The van der Waals surface area contributed by atoms with Gasteiger partial charge in [0.25, 0.3) is 6.43 Å². The zero-order chi connectivity index (χ0) is 10.0. The summed E-state index contributed by atoms with van der Waals surface area (Å²) < 4.78 is 37.1. The highest BCUT2D eigenvalue weighted by Crippen LogP contribution is 2.28. The van der Waals surface area contributed by atoms with E-state index in [4.69, 9.17) is 11.6 Å². The van der Waals surface area contributed by atoms with E-state index in [2.05, 4.69) is 20.9 Å². The van der Waals surface area contributed by atoms with Gasteiger partial charge >= 0.3 is 0 Å². The lowest BCUT2D eigenvalue weighted by Gasteiger charge is -2.06. The van der Waals surface area contributed by atoms with Crippen LogP contribution in [0.25, 0.3) is 0 Å². The molecule has 1 aromatic rings. The summed E-state index contributed by atoms with van der Waals surface area (Å²) in [6, 6.07) is 0.907. The summed E-state index contributed by atoms with van der Waals surface area (Å²) in [7, 11) is 0. The van der Waals surface area contributed by atoms with Crippen molar-refractivity contribution in [2.45, 2.75) is 11.8 Å². The number of aromatic nitrogens is 1. The summed E-state index contributed by atoms with van der Waals surface area (Å²) in [5.41, 5.74) is -0.486. The van der Waals surface area contributed by atoms with Gasteiger partial charge in [-0.25, -0.2) is 13.8 Å². The molecule has 0 fully saturated rings. The highest BCUT2D eigenvalue weighted by atomic mass is 79.9. The molecule has 0 aliphatic heterocycles. The summed E-state index contributed by atoms with van der Waals surface area (Å²) in [5.74, 6) is -0.995. The van der Waals surface area contributed by atoms with Gasteiger partial charge in [0.05, 0.1) is 5.02 Å². The highest BCUT2D eigenvalue weighted by molar-refractivity contribution is 9.08. The molecule has 72 valence electrons. The topological polar surface area (TPSA) is 12.9 Å². The fourth-order valence-electron chi connectivity index (χ4n) is 0.842. The van der Waals surface area contributed by atoms with E-state index >= 15 is 0 Å². The van der Waals surface area contributed by atoms with E-state index in [1.807, 2.05) is 0 Å². The van der Waals surface area contributed by atoms with Crippen molar-refractivity contribution < 1.29 is 13.2 Å². The zero-order valence-electron chi connectivity index (χ0n) is 6.20. The molecule has 1 nitrogen and oxygen atoms in total. The van der Waals surface area contributed by atoms with Crippen LogP contribution < -0.4 is 0 Å². The molecule has 0 N–H and O–H groups in total. The lowest BCUT2D eigenvalue weighted by molar-refractivity contribution is 0.144. The number of hydrogen-bond donors (Lipinski definition) is 0. The summed E-state index contributed by atoms with van der Waals surface area (Å²) >= 11 is 8.51. The smallest absolute Gasteiger partial charge is 0.218 e. The molecule has 0 spiro atoms. The minimum atomic E-state index is -2.82. The minimum absolute atomic E-state index is 0.0420. The van der Waals surface area contributed by atoms with Crippen LogP contribution in [0.3, 0.4) is 0 Å². The number of rotatable bonds is 2. The third-order valence-corrected chi connectivity index (χ3v) is 2.31. The Balaban J connectivity index is 3.29. The van der Waals surface area contributed by atoms with E-state index in [-0.39, 0.29) is 15.9 Å². The molecule has 0 aromatic carbocycles. The normalized spacial score (nSPS) is 10.9. The average molecular weight is 274 g/mol. The molecule has 0 radical (unpaired) electrons. The molecule has 0 aliphatic carbocycles. The second kappa shape index (κ2) is 4.28. The second-order valence-electron chi connectivity index (χ2n) is 2.22. The van der Waals surface area contributed by atoms with Gasteiger partial charge in [-0.1, -0.05) is 27.5 Å². The van der Waals surface area contributed by atoms with Crippen LogP contribution in [0, 0.1) is 5.95 Å². The molecule has 0 amide bonds. The van der Waals surface area contributed by atoms with Gasteiger partial charge in [0.2, 0.25) is 5.95 Å².